The summed E-state index contributed by atoms with van der Waals surface area (Å²) in [6.45, 7) is 1.96. The summed E-state index contributed by atoms with van der Waals surface area (Å²) in [4.78, 5) is 2.13. The number of nitrogens with zero attached hydrogens (tertiary/aromatic N) is 1. The van der Waals surface area contributed by atoms with Crippen molar-refractivity contribution >= 4 is 17.3 Å². The van der Waals surface area contributed by atoms with Crippen LogP contribution in [0.15, 0.2) is 18.2 Å². The zero-order valence-electron chi connectivity index (χ0n) is 8.36. The topological polar surface area (TPSA) is 43.7 Å². The Morgan fingerprint density at radius 3 is 2.80 bits per heavy atom. The van der Waals surface area contributed by atoms with Crippen LogP contribution in [0.25, 0.3) is 0 Å². The summed E-state index contributed by atoms with van der Waals surface area (Å²) in [6, 6.07) is 5.05. The van der Waals surface area contributed by atoms with E-state index in [1.807, 2.05) is 6.07 Å². The van der Waals surface area contributed by atoms with E-state index in [9.17, 15) is 5.11 Å². The lowest BCUT2D eigenvalue weighted by molar-refractivity contribution is 0.238. The Bertz CT molecular complexity index is 336. The molecule has 2 rings (SSSR count). The van der Waals surface area contributed by atoms with Crippen molar-refractivity contribution in [3.8, 4) is 5.75 Å². The van der Waals surface area contributed by atoms with Crippen LogP contribution < -0.4 is 4.90 Å². The van der Waals surface area contributed by atoms with E-state index in [0.29, 0.717) is 10.9 Å². The molecule has 1 aliphatic heterocycles. The van der Waals surface area contributed by atoms with E-state index in [1.165, 1.54) is 6.07 Å². The second kappa shape index (κ2) is 4.29. The third-order valence-corrected chi connectivity index (χ3v) is 2.99. The Kier molecular flexibility index (Phi) is 3.03. The molecule has 3 nitrogen and oxygen atoms in total. The van der Waals surface area contributed by atoms with Gasteiger partial charge in [0, 0.05) is 42.4 Å². The Balaban J connectivity index is 2.16. The molecule has 1 aliphatic rings. The van der Waals surface area contributed by atoms with E-state index in [2.05, 4.69) is 4.90 Å². The highest BCUT2D eigenvalue weighted by atomic mass is 35.5. The van der Waals surface area contributed by atoms with Crippen LogP contribution in [0.4, 0.5) is 5.69 Å². The first-order chi connectivity index (χ1) is 7.19. The first kappa shape index (κ1) is 10.6. The molecule has 0 aromatic heterocycles. The van der Waals surface area contributed by atoms with Crippen LogP contribution in [0.5, 0.6) is 5.75 Å². The van der Waals surface area contributed by atoms with Gasteiger partial charge in [-0.05, 0) is 18.6 Å². The van der Waals surface area contributed by atoms with Gasteiger partial charge in [0.05, 0.1) is 0 Å². The van der Waals surface area contributed by atoms with Gasteiger partial charge in [-0.3, -0.25) is 0 Å². The quantitative estimate of drug-likeness (QED) is 0.811. The smallest absolute Gasteiger partial charge is 0.119 e. The molecular weight excluding hydrogens is 214 g/mol. The maximum Gasteiger partial charge on any atom is 0.119 e. The van der Waals surface area contributed by atoms with Gasteiger partial charge in [-0.2, -0.15) is 0 Å². The molecule has 2 N–H and O–H groups in total. The first-order valence-electron chi connectivity index (χ1n) is 5.04. The molecule has 1 unspecified atom stereocenters. The molecule has 0 spiro atoms. The minimum atomic E-state index is 0.185. The second-order valence-corrected chi connectivity index (χ2v) is 4.39. The van der Waals surface area contributed by atoms with E-state index >= 15 is 0 Å². The molecule has 1 heterocycles. The molecule has 0 amide bonds. The van der Waals surface area contributed by atoms with Crippen molar-refractivity contribution in [3.63, 3.8) is 0 Å². The number of anilines is 1. The molecule has 4 heteroatoms. The fraction of sp³-hybridized carbons (Fsp3) is 0.455. The molecule has 1 saturated heterocycles. The predicted molar refractivity (Wildman–Crippen MR) is 60.5 cm³/mol. The Hall–Kier alpha value is -0.930. The second-order valence-electron chi connectivity index (χ2n) is 3.95. The summed E-state index contributed by atoms with van der Waals surface area (Å²) < 4.78 is 0. The summed E-state index contributed by atoms with van der Waals surface area (Å²) in [5.41, 5.74) is 0.927. The van der Waals surface area contributed by atoms with Gasteiger partial charge in [-0.1, -0.05) is 11.6 Å². The number of benzene rings is 1. The minimum Gasteiger partial charge on any atom is -0.508 e. The van der Waals surface area contributed by atoms with Crippen molar-refractivity contribution in [2.75, 3.05) is 24.6 Å². The molecule has 1 aromatic rings. The van der Waals surface area contributed by atoms with Gasteiger partial charge in [0.2, 0.25) is 0 Å². The number of hydrogen-bond donors (Lipinski definition) is 2. The van der Waals surface area contributed by atoms with Gasteiger partial charge < -0.3 is 15.1 Å². The van der Waals surface area contributed by atoms with Crippen molar-refractivity contribution in [2.24, 2.45) is 5.92 Å². The molecule has 0 saturated carbocycles. The van der Waals surface area contributed by atoms with Crippen LogP contribution in [0.1, 0.15) is 6.42 Å². The van der Waals surface area contributed by atoms with Crippen LogP contribution in [0.2, 0.25) is 5.02 Å². The molecule has 82 valence electrons. The summed E-state index contributed by atoms with van der Waals surface area (Å²) in [5.74, 6) is 0.524. The van der Waals surface area contributed by atoms with Crippen molar-refractivity contribution in [1.29, 1.82) is 0 Å². The van der Waals surface area contributed by atoms with E-state index in [-0.39, 0.29) is 12.4 Å². The predicted octanol–water partition coefficient (Wildman–Crippen LogP) is 1.86. The van der Waals surface area contributed by atoms with Gasteiger partial charge in [0.15, 0.2) is 0 Å². The van der Waals surface area contributed by atoms with Gasteiger partial charge in [-0.15, -0.1) is 0 Å². The molecule has 1 atom stereocenters. The van der Waals surface area contributed by atoms with Gasteiger partial charge in [0.1, 0.15) is 5.75 Å². The van der Waals surface area contributed by atoms with Gasteiger partial charge in [0.25, 0.3) is 0 Å². The lowest BCUT2D eigenvalue weighted by Crippen LogP contribution is -2.20. The molecular formula is C11H14ClNO2. The number of phenols is 1. The summed E-state index contributed by atoms with van der Waals surface area (Å²) in [5, 5.41) is 19.0. The van der Waals surface area contributed by atoms with Gasteiger partial charge in [-0.25, -0.2) is 0 Å². The number of rotatable bonds is 2. The number of halogens is 1. The van der Waals surface area contributed by atoms with Crippen LogP contribution in [-0.2, 0) is 0 Å². The lowest BCUT2D eigenvalue weighted by Gasteiger charge is -2.18. The Labute approximate surface area is 93.9 Å². The SMILES string of the molecule is OCC1CCN(c2cc(O)cc(Cl)c2)C1. The highest BCUT2D eigenvalue weighted by Gasteiger charge is 2.22. The average Bonchev–Trinajstić information content (AvgIpc) is 2.64. The lowest BCUT2D eigenvalue weighted by atomic mass is 10.1. The fourth-order valence-corrected chi connectivity index (χ4v) is 2.18. The van der Waals surface area contributed by atoms with E-state index in [0.717, 1.165) is 25.2 Å². The van der Waals surface area contributed by atoms with Crippen molar-refractivity contribution in [1.82, 2.24) is 0 Å². The zero-order chi connectivity index (χ0) is 10.8. The van der Waals surface area contributed by atoms with Crippen molar-refractivity contribution in [3.05, 3.63) is 23.2 Å². The Morgan fingerprint density at radius 2 is 2.20 bits per heavy atom. The first-order valence-corrected chi connectivity index (χ1v) is 5.42. The maximum absolute atomic E-state index is 9.42. The number of aliphatic hydroxyl groups is 1. The third kappa shape index (κ3) is 2.36. The molecule has 0 aliphatic carbocycles. The zero-order valence-corrected chi connectivity index (χ0v) is 9.11. The number of aromatic hydroxyl groups is 1. The Morgan fingerprint density at radius 1 is 1.40 bits per heavy atom. The van der Waals surface area contributed by atoms with Crippen LogP contribution in [0.3, 0.4) is 0 Å². The van der Waals surface area contributed by atoms with Crippen LogP contribution >= 0.6 is 11.6 Å². The molecule has 0 bridgehead atoms. The van der Waals surface area contributed by atoms with E-state index in [4.69, 9.17) is 16.7 Å². The monoisotopic (exact) mass is 227 g/mol. The maximum atomic E-state index is 9.42. The fourth-order valence-electron chi connectivity index (χ4n) is 1.96. The van der Waals surface area contributed by atoms with Crippen LogP contribution in [-0.4, -0.2) is 29.9 Å². The number of aliphatic hydroxyl groups excluding tert-OH is 1. The highest BCUT2D eigenvalue weighted by Crippen LogP contribution is 2.29. The molecule has 15 heavy (non-hydrogen) atoms. The summed E-state index contributed by atoms with van der Waals surface area (Å²) >= 11 is 5.86. The molecule has 0 radical (unpaired) electrons. The normalized spacial score (nSPS) is 20.9. The van der Waals surface area contributed by atoms with Crippen molar-refractivity contribution in [2.45, 2.75) is 6.42 Å². The van der Waals surface area contributed by atoms with E-state index < -0.39 is 0 Å². The number of hydrogen-bond acceptors (Lipinski definition) is 3. The van der Waals surface area contributed by atoms with Crippen LogP contribution in [0, 0.1) is 5.92 Å². The van der Waals surface area contributed by atoms with Gasteiger partial charge >= 0.3 is 0 Å². The summed E-state index contributed by atoms with van der Waals surface area (Å²) in [6.07, 6.45) is 0.990. The molecule has 1 fully saturated rings. The average molecular weight is 228 g/mol. The van der Waals surface area contributed by atoms with Crippen molar-refractivity contribution < 1.29 is 10.2 Å². The third-order valence-electron chi connectivity index (χ3n) is 2.78. The standard InChI is InChI=1S/C11H14ClNO2/c12-9-3-10(5-11(15)4-9)13-2-1-8(6-13)7-14/h3-5,8,14-15H,1-2,6-7H2. The minimum absolute atomic E-state index is 0.185. The highest BCUT2D eigenvalue weighted by molar-refractivity contribution is 6.31. The van der Waals surface area contributed by atoms with E-state index in [1.54, 1.807) is 6.07 Å². The number of phenolic OH excluding ortho intramolecular Hbond substituents is 1. The summed E-state index contributed by atoms with van der Waals surface area (Å²) in [7, 11) is 0. The molecule has 1 aromatic carbocycles. The largest absolute Gasteiger partial charge is 0.508 e.